The van der Waals surface area contributed by atoms with E-state index in [4.69, 9.17) is 11.6 Å². The molecule has 0 fully saturated rings. The fourth-order valence-corrected chi connectivity index (χ4v) is 6.48. The number of benzene rings is 3. The maximum absolute atomic E-state index is 13.6. The lowest BCUT2D eigenvalue weighted by Gasteiger charge is -2.14. The Morgan fingerprint density at radius 1 is 1.02 bits per heavy atom. The van der Waals surface area contributed by atoms with E-state index < -0.39 is 49.5 Å². The van der Waals surface area contributed by atoms with Crippen LogP contribution in [0.25, 0.3) is 27.5 Å². The summed E-state index contributed by atoms with van der Waals surface area (Å²) in [7, 11) is -3.51. The highest BCUT2D eigenvalue weighted by Gasteiger charge is 2.34. The Balaban J connectivity index is 1.75. The van der Waals surface area contributed by atoms with Crippen molar-refractivity contribution >= 4 is 65.3 Å². The molecule has 0 saturated carbocycles. The van der Waals surface area contributed by atoms with Crippen molar-refractivity contribution in [3.05, 3.63) is 102 Å². The number of hydrogen-bond donors (Lipinski definition) is 2. The number of sulfonamides is 1. The number of nitrogens with zero attached hydrogens (tertiary/aromatic N) is 2. The first-order valence-corrected chi connectivity index (χ1v) is 13.8. The van der Waals surface area contributed by atoms with Gasteiger partial charge < -0.3 is 9.55 Å². The van der Waals surface area contributed by atoms with Gasteiger partial charge in [0, 0.05) is 21.9 Å². The average molecular weight is 656 g/mol. The van der Waals surface area contributed by atoms with Gasteiger partial charge in [-0.05, 0) is 64.5 Å². The number of H-pyrrole nitrogens is 1. The van der Waals surface area contributed by atoms with Crippen molar-refractivity contribution in [2.45, 2.75) is 11.1 Å². The van der Waals surface area contributed by atoms with Crippen LogP contribution in [0.3, 0.4) is 0 Å². The first kappa shape index (κ1) is 27.7. The zero-order valence-electron chi connectivity index (χ0n) is 20.0. The standard InChI is InChI=1S/C25H15BrClF3N4O5S/c1-33-18-9-7-13(27)11-15(18)20(34-23(36)14-4-2-3-5-17(14)31-24(34)37)21(33)22(35)32-40(38,39)19-10-12(25(28,29)30)6-8-16(19)26/h2-11H,1H3,(H,31,37)(H,32,35). The van der Waals surface area contributed by atoms with Gasteiger partial charge in [-0.1, -0.05) is 23.7 Å². The molecule has 2 heterocycles. The van der Waals surface area contributed by atoms with Crippen LogP contribution in [-0.2, 0) is 23.2 Å². The number of aromatic nitrogens is 3. The van der Waals surface area contributed by atoms with Gasteiger partial charge in [-0.2, -0.15) is 13.2 Å². The van der Waals surface area contributed by atoms with Crippen LogP contribution in [0, 0.1) is 0 Å². The zero-order valence-corrected chi connectivity index (χ0v) is 23.2. The van der Waals surface area contributed by atoms with E-state index in [0.29, 0.717) is 22.2 Å². The van der Waals surface area contributed by atoms with Crippen LogP contribution in [0.2, 0.25) is 5.02 Å². The van der Waals surface area contributed by atoms with Gasteiger partial charge in [-0.25, -0.2) is 22.5 Å². The summed E-state index contributed by atoms with van der Waals surface area (Å²) < 4.78 is 69.6. The van der Waals surface area contributed by atoms with Crippen LogP contribution in [0.15, 0.2) is 79.6 Å². The fourth-order valence-electron chi connectivity index (χ4n) is 4.36. The number of nitrogens with one attached hydrogen (secondary N) is 2. The number of fused-ring (bicyclic) bond motifs is 2. The molecule has 0 aliphatic rings. The molecule has 2 N–H and O–H groups in total. The third-order valence-corrected chi connectivity index (χ3v) is 8.71. The Hall–Kier alpha value is -3.88. The summed E-state index contributed by atoms with van der Waals surface area (Å²) in [6.07, 6.45) is -4.85. The number of carbonyl (C=O) groups excluding carboxylic acids is 1. The summed E-state index contributed by atoms with van der Waals surface area (Å²) in [6, 6.07) is 12.5. The SMILES string of the molecule is Cn1c(C(=O)NS(=O)(=O)c2cc(C(F)(F)F)ccc2Br)c(-n2c(=O)[nH]c3ccccc3c2=O)c2cc(Cl)ccc21. The second-order valence-electron chi connectivity index (χ2n) is 8.61. The Morgan fingerprint density at radius 3 is 2.42 bits per heavy atom. The van der Waals surface area contributed by atoms with Gasteiger partial charge in [-0.15, -0.1) is 0 Å². The zero-order chi connectivity index (χ0) is 29.1. The van der Waals surface area contributed by atoms with Crippen molar-refractivity contribution in [2.75, 3.05) is 0 Å². The van der Waals surface area contributed by atoms with E-state index in [1.54, 1.807) is 16.9 Å². The van der Waals surface area contributed by atoms with Gasteiger partial charge in [-0.3, -0.25) is 9.59 Å². The lowest BCUT2D eigenvalue weighted by Crippen LogP contribution is -2.37. The molecule has 0 saturated heterocycles. The molecule has 0 aliphatic heterocycles. The maximum atomic E-state index is 13.6. The normalized spacial score (nSPS) is 12.2. The Bertz CT molecular complexity index is 2100. The van der Waals surface area contributed by atoms with Gasteiger partial charge >= 0.3 is 11.9 Å². The molecule has 5 rings (SSSR count). The molecule has 0 spiro atoms. The number of hydrogen-bond acceptors (Lipinski definition) is 5. The summed E-state index contributed by atoms with van der Waals surface area (Å²) in [6.45, 7) is 0. The lowest BCUT2D eigenvalue weighted by molar-refractivity contribution is -0.137. The van der Waals surface area contributed by atoms with Gasteiger partial charge in [0.25, 0.3) is 21.5 Å². The van der Waals surface area contributed by atoms with E-state index >= 15 is 0 Å². The van der Waals surface area contributed by atoms with Crippen molar-refractivity contribution in [2.24, 2.45) is 7.05 Å². The van der Waals surface area contributed by atoms with Crippen LogP contribution >= 0.6 is 27.5 Å². The summed E-state index contributed by atoms with van der Waals surface area (Å²) in [5.41, 5.74) is -3.15. The van der Waals surface area contributed by atoms with Crippen molar-refractivity contribution in [3.63, 3.8) is 0 Å². The lowest BCUT2D eigenvalue weighted by atomic mass is 10.2. The van der Waals surface area contributed by atoms with E-state index in [9.17, 15) is 36.0 Å². The summed E-state index contributed by atoms with van der Waals surface area (Å²) >= 11 is 9.09. The minimum atomic E-state index is -4.90. The minimum Gasteiger partial charge on any atom is -0.338 e. The molecule has 9 nitrogen and oxygen atoms in total. The highest BCUT2D eigenvalue weighted by Crippen LogP contribution is 2.34. The number of aryl methyl sites for hydroxylation is 1. The van der Waals surface area contributed by atoms with Gasteiger partial charge in [0.1, 0.15) is 10.6 Å². The van der Waals surface area contributed by atoms with Crippen molar-refractivity contribution < 1.29 is 26.4 Å². The predicted octanol–water partition coefficient (Wildman–Crippen LogP) is 4.72. The number of alkyl halides is 3. The molecule has 1 amide bonds. The molecule has 0 bridgehead atoms. The number of halogens is 5. The van der Waals surface area contributed by atoms with E-state index in [-0.39, 0.29) is 31.5 Å². The molecule has 5 aromatic rings. The Morgan fingerprint density at radius 2 is 1.73 bits per heavy atom. The number of carbonyl (C=O) groups is 1. The molecule has 40 heavy (non-hydrogen) atoms. The van der Waals surface area contributed by atoms with Crippen molar-refractivity contribution in [3.8, 4) is 5.69 Å². The van der Waals surface area contributed by atoms with E-state index in [0.717, 1.165) is 6.07 Å². The molecule has 0 aliphatic carbocycles. The van der Waals surface area contributed by atoms with Crippen LogP contribution in [-0.4, -0.2) is 28.4 Å². The number of aromatic amines is 1. The van der Waals surface area contributed by atoms with Gasteiger partial charge in [0.05, 0.1) is 27.7 Å². The number of rotatable bonds is 4. The van der Waals surface area contributed by atoms with Gasteiger partial charge in [0.15, 0.2) is 0 Å². The van der Waals surface area contributed by atoms with Crippen LogP contribution in [0.5, 0.6) is 0 Å². The second kappa shape index (κ2) is 9.64. The second-order valence-corrected chi connectivity index (χ2v) is 11.6. The van der Waals surface area contributed by atoms with Crippen LogP contribution in [0.1, 0.15) is 16.1 Å². The average Bonchev–Trinajstić information content (AvgIpc) is 3.14. The molecule has 0 atom stereocenters. The first-order chi connectivity index (χ1) is 18.7. The minimum absolute atomic E-state index is 0.105. The third kappa shape index (κ3) is 4.61. The highest BCUT2D eigenvalue weighted by atomic mass is 79.9. The molecule has 206 valence electrons. The highest BCUT2D eigenvalue weighted by molar-refractivity contribution is 9.10. The van der Waals surface area contributed by atoms with Crippen molar-refractivity contribution in [1.29, 1.82) is 0 Å². The smallest absolute Gasteiger partial charge is 0.338 e. The van der Waals surface area contributed by atoms with E-state index in [2.05, 4.69) is 20.9 Å². The van der Waals surface area contributed by atoms with E-state index in [1.807, 2.05) is 0 Å². The maximum Gasteiger partial charge on any atom is 0.416 e. The molecular weight excluding hydrogens is 641 g/mol. The Labute approximate surface area is 236 Å². The topological polar surface area (TPSA) is 123 Å². The molecule has 0 unspecified atom stereocenters. The molecule has 2 aromatic heterocycles. The molecule has 15 heteroatoms. The van der Waals surface area contributed by atoms with Crippen LogP contribution < -0.4 is 16.0 Å². The summed E-state index contributed by atoms with van der Waals surface area (Å²) in [5, 5.41) is 0.464. The number of amides is 1. The molecule has 0 radical (unpaired) electrons. The first-order valence-electron chi connectivity index (χ1n) is 11.2. The quantitative estimate of drug-likeness (QED) is 0.290. The molecule has 3 aromatic carbocycles. The Kier molecular flexibility index (Phi) is 6.67. The largest absolute Gasteiger partial charge is 0.416 e. The van der Waals surface area contributed by atoms with Crippen LogP contribution in [0.4, 0.5) is 13.2 Å². The summed E-state index contributed by atoms with van der Waals surface area (Å²) in [5.74, 6) is -1.31. The van der Waals surface area contributed by atoms with Crippen molar-refractivity contribution in [1.82, 2.24) is 18.8 Å². The fraction of sp³-hybridized carbons (Fsp3) is 0.0800. The monoisotopic (exact) mass is 654 g/mol. The third-order valence-electron chi connectivity index (χ3n) is 6.15. The molecular formula is C25H15BrClF3N4O5S. The number of para-hydroxylation sites is 1. The summed E-state index contributed by atoms with van der Waals surface area (Å²) in [4.78, 5) is 41.9. The predicted molar refractivity (Wildman–Crippen MR) is 145 cm³/mol. The van der Waals surface area contributed by atoms with E-state index in [1.165, 1.54) is 41.9 Å². The van der Waals surface area contributed by atoms with Gasteiger partial charge in [0.2, 0.25) is 0 Å².